The van der Waals surface area contributed by atoms with Crippen LogP contribution in [-0.2, 0) is 9.59 Å². The fraction of sp³-hybridized carbons (Fsp3) is 0.368. The molecule has 3 N–H and O–H groups in total. The smallest absolute Gasteiger partial charge is 0.262 e. The highest BCUT2D eigenvalue weighted by Gasteiger charge is 2.45. The first-order chi connectivity index (χ1) is 13.4. The van der Waals surface area contributed by atoms with Gasteiger partial charge in [0.25, 0.3) is 11.8 Å². The molecule has 4 amide bonds. The predicted molar refractivity (Wildman–Crippen MR) is 97.8 cm³/mol. The summed E-state index contributed by atoms with van der Waals surface area (Å²) in [6.45, 7) is 0.873. The largest absolute Gasteiger partial charge is 0.358 e. The zero-order valence-corrected chi connectivity index (χ0v) is 15.0. The van der Waals surface area contributed by atoms with Crippen LogP contribution in [0.25, 0.3) is 0 Å². The quantitative estimate of drug-likeness (QED) is 0.526. The van der Waals surface area contributed by atoms with Crippen LogP contribution in [0, 0.1) is 18.2 Å². The van der Waals surface area contributed by atoms with Gasteiger partial charge in [0, 0.05) is 13.0 Å². The van der Waals surface area contributed by atoms with E-state index in [1.165, 1.54) is 6.07 Å². The highest BCUT2D eigenvalue weighted by molar-refractivity contribution is 6.23. The Morgan fingerprint density at radius 3 is 2.54 bits per heavy atom. The maximum absolute atomic E-state index is 14.7. The molecule has 28 heavy (non-hydrogen) atoms. The van der Waals surface area contributed by atoms with Gasteiger partial charge in [0.05, 0.1) is 23.4 Å². The lowest BCUT2D eigenvalue weighted by Crippen LogP contribution is -2.54. The van der Waals surface area contributed by atoms with Crippen molar-refractivity contribution in [3.05, 3.63) is 29.1 Å². The van der Waals surface area contributed by atoms with Gasteiger partial charge in [-0.2, -0.15) is 0 Å². The normalized spacial score (nSPS) is 18.8. The van der Waals surface area contributed by atoms with Gasteiger partial charge in [0.2, 0.25) is 11.8 Å². The number of fused-ring (bicyclic) bond motifs is 1. The Bertz CT molecular complexity index is 908. The molecule has 2 aliphatic heterocycles. The summed E-state index contributed by atoms with van der Waals surface area (Å²) >= 11 is 0. The van der Waals surface area contributed by atoms with E-state index < -0.39 is 35.5 Å². The first kappa shape index (κ1) is 19.5. The minimum Gasteiger partial charge on any atom is -0.358 e. The Morgan fingerprint density at radius 2 is 1.93 bits per heavy atom. The van der Waals surface area contributed by atoms with Crippen LogP contribution in [0.5, 0.6) is 0 Å². The van der Waals surface area contributed by atoms with E-state index in [-0.39, 0.29) is 36.2 Å². The number of amides is 4. The SMILES string of the molecule is C#CCN(CCCN)c1cc2c(cc1F)C(=O)N(C1CCC(=O)NC1=O)C2=O. The van der Waals surface area contributed by atoms with E-state index in [0.717, 1.165) is 11.0 Å². The van der Waals surface area contributed by atoms with Gasteiger partial charge >= 0.3 is 0 Å². The summed E-state index contributed by atoms with van der Waals surface area (Å²) in [4.78, 5) is 51.3. The molecule has 0 bridgehead atoms. The summed E-state index contributed by atoms with van der Waals surface area (Å²) < 4.78 is 14.7. The number of benzene rings is 1. The second-order valence-electron chi connectivity index (χ2n) is 6.56. The van der Waals surface area contributed by atoms with Crippen LogP contribution in [0.1, 0.15) is 40.0 Å². The lowest BCUT2D eigenvalue weighted by molar-refractivity contribution is -0.136. The van der Waals surface area contributed by atoms with Gasteiger partial charge in [-0.1, -0.05) is 5.92 Å². The van der Waals surface area contributed by atoms with Crippen molar-refractivity contribution in [3.63, 3.8) is 0 Å². The van der Waals surface area contributed by atoms with Crippen molar-refractivity contribution in [1.82, 2.24) is 10.2 Å². The molecule has 0 radical (unpaired) electrons. The van der Waals surface area contributed by atoms with Crippen molar-refractivity contribution in [2.75, 3.05) is 24.5 Å². The Labute approximate surface area is 160 Å². The molecule has 1 fully saturated rings. The van der Waals surface area contributed by atoms with Gasteiger partial charge < -0.3 is 10.6 Å². The van der Waals surface area contributed by atoms with Crippen LogP contribution in [0.2, 0.25) is 0 Å². The van der Waals surface area contributed by atoms with Gasteiger partial charge in [-0.25, -0.2) is 4.39 Å². The minimum atomic E-state index is -1.10. The van der Waals surface area contributed by atoms with Crippen molar-refractivity contribution in [1.29, 1.82) is 0 Å². The molecule has 0 spiro atoms. The molecule has 1 aromatic carbocycles. The third kappa shape index (κ3) is 3.34. The van der Waals surface area contributed by atoms with Gasteiger partial charge in [-0.15, -0.1) is 6.42 Å². The van der Waals surface area contributed by atoms with Crippen molar-refractivity contribution < 1.29 is 23.6 Å². The monoisotopic (exact) mass is 386 g/mol. The molecule has 0 aromatic heterocycles. The standard InChI is InChI=1S/C19H19FN4O4/c1-2-7-23(8-3-6-21)15-10-12-11(9-13(15)20)18(27)24(19(12)28)14-4-5-16(25)22-17(14)26/h1,9-10,14H,3-8,21H2,(H,22,25,26). The number of rotatable bonds is 6. The van der Waals surface area contributed by atoms with Crippen LogP contribution in [0.15, 0.2) is 12.1 Å². The molecule has 146 valence electrons. The molecule has 1 saturated heterocycles. The first-order valence-corrected chi connectivity index (χ1v) is 8.82. The molecule has 8 nitrogen and oxygen atoms in total. The lowest BCUT2D eigenvalue weighted by Gasteiger charge is -2.27. The van der Waals surface area contributed by atoms with Crippen LogP contribution in [-0.4, -0.2) is 54.2 Å². The summed E-state index contributed by atoms with van der Waals surface area (Å²) in [5.74, 6) is -0.904. The lowest BCUT2D eigenvalue weighted by atomic mass is 10.0. The maximum atomic E-state index is 14.7. The number of carbonyl (C=O) groups is 4. The van der Waals surface area contributed by atoms with Gasteiger partial charge in [-0.05, 0) is 31.5 Å². The molecule has 1 atom stereocenters. The Morgan fingerprint density at radius 1 is 1.25 bits per heavy atom. The molecule has 2 aliphatic rings. The molecule has 2 heterocycles. The predicted octanol–water partition coefficient (Wildman–Crippen LogP) is 0.0153. The minimum absolute atomic E-state index is 0.000805. The highest BCUT2D eigenvalue weighted by atomic mass is 19.1. The van der Waals surface area contributed by atoms with Crippen molar-refractivity contribution in [3.8, 4) is 12.3 Å². The maximum Gasteiger partial charge on any atom is 0.262 e. The van der Waals surface area contributed by atoms with E-state index in [1.807, 2.05) is 0 Å². The van der Waals surface area contributed by atoms with Crippen LogP contribution in [0.3, 0.4) is 0 Å². The Kier molecular flexibility index (Phi) is 5.42. The number of piperidine rings is 1. The highest BCUT2D eigenvalue weighted by Crippen LogP contribution is 2.32. The molecule has 0 saturated carbocycles. The van der Waals surface area contributed by atoms with E-state index in [2.05, 4.69) is 11.2 Å². The third-order valence-corrected chi connectivity index (χ3v) is 4.76. The number of halogens is 1. The number of nitrogens with two attached hydrogens (primary N) is 1. The fourth-order valence-corrected chi connectivity index (χ4v) is 3.40. The zero-order chi connectivity index (χ0) is 20.4. The second kappa shape index (κ2) is 7.78. The van der Waals surface area contributed by atoms with E-state index in [0.29, 0.717) is 19.5 Å². The number of nitrogens with zero attached hydrogens (tertiary/aromatic N) is 2. The first-order valence-electron chi connectivity index (χ1n) is 8.82. The van der Waals surface area contributed by atoms with E-state index >= 15 is 0 Å². The Balaban J connectivity index is 1.95. The average Bonchev–Trinajstić information content (AvgIpc) is 2.89. The third-order valence-electron chi connectivity index (χ3n) is 4.76. The molecular formula is C19H19FN4O4. The molecule has 3 rings (SSSR count). The van der Waals surface area contributed by atoms with Crippen molar-refractivity contribution in [2.24, 2.45) is 5.73 Å². The number of terminal acetylenes is 1. The molecule has 1 unspecified atom stereocenters. The fourth-order valence-electron chi connectivity index (χ4n) is 3.40. The van der Waals surface area contributed by atoms with E-state index in [1.54, 1.807) is 4.90 Å². The number of hydrogen-bond donors (Lipinski definition) is 2. The molecule has 9 heteroatoms. The number of nitrogens with one attached hydrogen (secondary N) is 1. The number of hydrogen-bond acceptors (Lipinski definition) is 6. The summed E-state index contributed by atoms with van der Waals surface area (Å²) in [5, 5.41) is 2.11. The topological polar surface area (TPSA) is 113 Å². The summed E-state index contributed by atoms with van der Waals surface area (Å²) in [5.41, 5.74) is 5.48. The van der Waals surface area contributed by atoms with Crippen LogP contribution >= 0.6 is 0 Å². The zero-order valence-electron chi connectivity index (χ0n) is 15.0. The number of imide groups is 2. The Hall–Kier alpha value is -3.25. The van der Waals surface area contributed by atoms with Crippen LogP contribution in [0.4, 0.5) is 10.1 Å². The second-order valence-corrected chi connectivity index (χ2v) is 6.56. The van der Waals surface area contributed by atoms with E-state index in [4.69, 9.17) is 12.2 Å². The summed E-state index contributed by atoms with van der Waals surface area (Å²) in [6.07, 6.45) is 5.96. The van der Waals surface area contributed by atoms with Gasteiger partial charge in [0.1, 0.15) is 11.9 Å². The van der Waals surface area contributed by atoms with E-state index in [9.17, 15) is 23.6 Å². The molecule has 1 aromatic rings. The number of carbonyl (C=O) groups excluding carboxylic acids is 4. The summed E-state index contributed by atoms with van der Waals surface area (Å²) in [6, 6.07) is 1.17. The van der Waals surface area contributed by atoms with Gasteiger partial charge in [-0.3, -0.25) is 29.4 Å². The molecular weight excluding hydrogens is 367 g/mol. The molecule has 0 aliphatic carbocycles. The van der Waals surface area contributed by atoms with Crippen LogP contribution < -0.4 is 16.0 Å². The number of anilines is 1. The average molecular weight is 386 g/mol. The van der Waals surface area contributed by atoms with Crippen molar-refractivity contribution >= 4 is 29.3 Å². The van der Waals surface area contributed by atoms with Gasteiger partial charge in [0.15, 0.2) is 0 Å². The summed E-state index contributed by atoms with van der Waals surface area (Å²) in [7, 11) is 0. The van der Waals surface area contributed by atoms with Crippen molar-refractivity contribution in [2.45, 2.75) is 25.3 Å².